The van der Waals surface area contributed by atoms with Gasteiger partial charge >= 0.3 is 0 Å². The quantitative estimate of drug-likeness (QED) is 0.891. The van der Waals surface area contributed by atoms with Gasteiger partial charge < -0.3 is 5.32 Å². The molecule has 5 heteroatoms. The van der Waals surface area contributed by atoms with Crippen molar-refractivity contribution in [2.24, 2.45) is 0 Å². The first kappa shape index (κ1) is 16.2. The van der Waals surface area contributed by atoms with Gasteiger partial charge in [0.1, 0.15) is 0 Å². The molecule has 4 nitrogen and oxygen atoms in total. The van der Waals surface area contributed by atoms with Crippen molar-refractivity contribution in [3.8, 4) is 0 Å². The Morgan fingerprint density at radius 2 is 1.72 bits per heavy atom. The number of para-hydroxylation sites is 1. The highest BCUT2D eigenvalue weighted by Crippen LogP contribution is 2.59. The number of rotatable bonds is 2. The molecule has 0 aliphatic carbocycles. The number of aryl methyl sites for hydroxylation is 1. The molecule has 2 aliphatic rings. The Labute approximate surface area is 151 Å². The Hall–Kier alpha value is -2.27. The molecule has 2 amide bonds. The van der Waals surface area contributed by atoms with Crippen LogP contribution in [-0.4, -0.2) is 16.6 Å². The average Bonchev–Trinajstić information content (AvgIpc) is 2.99. The summed E-state index contributed by atoms with van der Waals surface area (Å²) in [7, 11) is 0. The minimum atomic E-state index is -1.05. The van der Waals surface area contributed by atoms with E-state index < -0.39 is 9.62 Å². The van der Waals surface area contributed by atoms with Crippen molar-refractivity contribution in [3.63, 3.8) is 0 Å². The fraction of sp³-hybridized carbons (Fsp3) is 0.300. The van der Waals surface area contributed by atoms with Crippen LogP contribution in [0.5, 0.6) is 0 Å². The molecule has 4 rings (SSSR count). The molecule has 25 heavy (non-hydrogen) atoms. The third kappa shape index (κ3) is 2.15. The lowest BCUT2D eigenvalue weighted by molar-refractivity contribution is -0.123. The molecule has 128 valence electrons. The van der Waals surface area contributed by atoms with Gasteiger partial charge in [0.25, 0.3) is 5.91 Å². The molecule has 1 unspecified atom stereocenters. The van der Waals surface area contributed by atoms with Crippen molar-refractivity contribution in [1.82, 2.24) is 0 Å². The second-order valence-electron chi connectivity index (χ2n) is 6.92. The Kier molecular flexibility index (Phi) is 3.48. The molecule has 1 atom stereocenters. The largest absolute Gasteiger partial charge is 0.323 e. The summed E-state index contributed by atoms with van der Waals surface area (Å²) in [6.45, 7) is 5.86. The van der Waals surface area contributed by atoms with E-state index in [1.165, 1.54) is 17.3 Å². The van der Waals surface area contributed by atoms with Gasteiger partial charge in [-0.2, -0.15) is 0 Å². The van der Waals surface area contributed by atoms with Crippen LogP contribution in [0.1, 0.15) is 31.9 Å². The maximum absolute atomic E-state index is 13.2. The highest BCUT2D eigenvalue weighted by Gasteiger charge is 2.64. The van der Waals surface area contributed by atoms with Gasteiger partial charge in [-0.25, -0.2) is 0 Å². The SMILES string of the molecule is CCc1ccc(N2C(=O)C(C)(C)SC23C(=O)Nc2ccccc23)cc1. The molecule has 1 fully saturated rings. The van der Waals surface area contributed by atoms with E-state index in [4.69, 9.17) is 0 Å². The third-order valence-corrected chi connectivity index (χ3v) is 6.46. The van der Waals surface area contributed by atoms with Gasteiger partial charge in [-0.1, -0.05) is 37.3 Å². The molecule has 2 aliphatic heterocycles. The molecule has 0 saturated carbocycles. The minimum absolute atomic E-state index is 0.0476. The van der Waals surface area contributed by atoms with Crippen molar-refractivity contribution in [2.45, 2.75) is 36.8 Å². The van der Waals surface area contributed by atoms with Crippen LogP contribution in [0.3, 0.4) is 0 Å². The van der Waals surface area contributed by atoms with Crippen LogP contribution >= 0.6 is 11.8 Å². The number of hydrogen-bond donors (Lipinski definition) is 1. The first-order chi connectivity index (χ1) is 11.9. The summed E-state index contributed by atoms with van der Waals surface area (Å²) in [4.78, 5) is 26.9. The van der Waals surface area contributed by atoms with Crippen LogP contribution in [0.4, 0.5) is 11.4 Å². The molecule has 1 N–H and O–H groups in total. The molecule has 1 spiro atoms. The van der Waals surface area contributed by atoms with Crippen molar-refractivity contribution in [1.29, 1.82) is 0 Å². The summed E-state index contributed by atoms with van der Waals surface area (Å²) in [6, 6.07) is 15.5. The predicted molar refractivity (Wildman–Crippen MR) is 102 cm³/mol. The van der Waals surface area contributed by atoms with E-state index >= 15 is 0 Å². The Balaban J connectivity index is 1.93. The van der Waals surface area contributed by atoms with Crippen molar-refractivity contribution in [3.05, 3.63) is 59.7 Å². The van der Waals surface area contributed by atoms with Crippen LogP contribution in [0, 0.1) is 0 Å². The van der Waals surface area contributed by atoms with E-state index in [-0.39, 0.29) is 11.8 Å². The highest BCUT2D eigenvalue weighted by molar-refractivity contribution is 8.03. The first-order valence-electron chi connectivity index (χ1n) is 8.45. The summed E-state index contributed by atoms with van der Waals surface area (Å²) in [6.07, 6.45) is 0.933. The van der Waals surface area contributed by atoms with Crippen LogP contribution in [-0.2, 0) is 20.9 Å². The van der Waals surface area contributed by atoms with Crippen LogP contribution in [0.2, 0.25) is 0 Å². The van der Waals surface area contributed by atoms with Gasteiger partial charge in [0.15, 0.2) is 0 Å². The van der Waals surface area contributed by atoms with Gasteiger partial charge in [0.05, 0.1) is 4.75 Å². The van der Waals surface area contributed by atoms with Gasteiger partial charge in [-0.05, 0) is 44.0 Å². The lowest BCUT2D eigenvalue weighted by Gasteiger charge is -2.32. The number of benzene rings is 2. The Morgan fingerprint density at radius 3 is 2.40 bits per heavy atom. The fourth-order valence-corrected chi connectivity index (χ4v) is 5.22. The number of hydrogen-bond acceptors (Lipinski definition) is 3. The molecule has 0 aromatic heterocycles. The molecule has 2 aromatic rings. The second kappa shape index (κ2) is 5.36. The summed E-state index contributed by atoms with van der Waals surface area (Å²) in [5.41, 5.74) is 3.59. The van der Waals surface area contributed by atoms with Gasteiger partial charge in [-0.15, -0.1) is 11.8 Å². The Bertz CT molecular complexity index is 876. The predicted octanol–water partition coefficient (Wildman–Crippen LogP) is 3.91. The number of carbonyl (C=O) groups excluding carboxylic acids is 2. The highest BCUT2D eigenvalue weighted by atomic mass is 32.2. The van der Waals surface area contributed by atoms with Crippen molar-refractivity contribution >= 4 is 35.0 Å². The number of amides is 2. The molecule has 2 heterocycles. The number of thioether (sulfide) groups is 1. The van der Waals surface area contributed by atoms with Crippen molar-refractivity contribution in [2.75, 3.05) is 10.2 Å². The molecular weight excluding hydrogens is 332 g/mol. The molecule has 0 radical (unpaired) electrons. The zero-order valence-electron chi connectivity index (χ0n) is 14.5. The van der Waals surface area contributed by atoms with Gasteiger partial charge in [0, 0.05) is 16.9 Å². The molecular formula is C20H20N2O2S. The Morgan fingerprint density at radius 1 is 1.04 bits per heavy atom. The zero-order valence-corrected chi connectivity index (χ0v) is 15.3. The molecule has 1 saturated heterocycles. The second-order valence-corrected chi connectivity index (χ2v) is 8.73. The summed E-state index contributed by atoms with van der Waals surface area (Å²) in [5, 5.41) is 2.96. The first-order valence-corrected chi connectivity index (χ1v) is 9.26. The normalized spacial score (nSPS) is 23.9. The lowest BCUT2D eigenvalue weighted by Crippen LogP contribution is -2.47. The molecule has 2 aromatic carbocycles. The minimum Gasteiger partial charge on any atom is -0.323 e. The van der Waals surface area contributed by atoms with E-state index in [2.05, 4.69) is 12.2 Å². The summed E-state index contributed by atoms with van der Waals surface area (Å²) >= 11 is 1.41. The standard InChI is InChI=1S/C20H20N2O2S/c1-4-13-9-11-14(12-10-13)22-18(24)19(2,3)25-20(22)15-7-5-6-8-16(15)21-17(20)23/h5-12H,4H2,1-3H3,(H,21,23). The van der Waals surface area contributed by atoms with E-state index in [9.17, 15) is 9.59 Å². The van der Waals surface area contributed by atoms with E-state index in [0.717, 1.165) is 23.4 Å². The number of carbonyl (C=O) groups is 2. The number of anilines is 2. The van der Waals surface area contributed by atoms with Crippen molar-refractivity contribution < 1.29 is 9.59 Å². The topological polar surface area (TPSA) is 49.4 Å². The number of nitrogens with zero attached hydrogens (tertiary/aromatic N) is 1. The van der Waals surface area contributed by atoms with Crippen LogP contribution in [0.25, 0.3) is 0 Å². The monoisotopic (exact) mass is 352 g/mol. The fourth-order valence-electron chi connectivity index (χ4n) is 3.59. The lowest BCUT2D eigenvalue weighted by atomic mass is 10.0. The van der Waals surface area contributed by atoms with E-state index in [1.807, 2.05) is 62.4 Å². The van der Waals surface area contributed by atoms with Gasteiger partial charge in [0.2, 0.25) is 10.8 Å². The summed E-state index contributed by atoms with van der Waals surface area (Å²) < 4.78 is -0.682. The van der Waals surface area contributed by atoms with Crippen LogP contribution in [0.15, 0.2) is 48.5 Å². The van der Waals surface area contributed by atoms with Gasteiger partial charge in [-0.3, -0.25) is 14.5 Å². The third-order valence-electron chi connectivity index (χ3n) is 4.89. The molecule has 0 bridgehead atoms. The maximum Gasteiger partial charge on any atom is 0.266 e. The summed E-state index contributed by atoms with van der Waals surface area (Å²) in [5.74, 6) is -0.203. The zero-order chi connectivity index (χ0) is 17.8. The number of fused-ring (bicyclic) bond motifs is 2. The van der Waals surface area contributed by atoms with Crippen LogP contribution < -0.4 is 10.2 Å². The number of nitrogens with one attached hydrogen (secondary N) is 1. The maximum atomic E-state index is 13.2. The smallest absolute Gasteiger partial charge is 0.266 e. The van der Waals surface area contributed by atoms with E-state index in [0.29, 0.717) is 0 Å². The average molecular weight is 352 g/mol. The van der Waals surface area contributed by atoms with E-state index in [1.54, 1.807) is 4.90 Å².